The quantitative estimate of drug-likeness (QED) is 0.370. The first-order valence-corrected chi connectivity index (χ1v) is 12.2. The van der Waals surface area contributed by atoms with Gasteiger partial charge >= 0.3 is 0 Å². The second-order valence-corrected chi connectivity index (χ2v) is 10.7. The molecule has 2 aromatic rings. The van der Waals surface area contributed by atoms with E-state index in [-0.39, 0.29) is 16.9 Å². The maximum absolute atomic E-state index is 14.9. The molecule has 1 atom stereocenters. The lowest BCUT2D eigenvalue weighted by atomic mass is 9.81. The van der Waals surface area contributed by atoms with Crippen molar-refractivity contribution in [2.45, 2.75) is 77.3 Å². The zero-order valence-electron chi connectivity index (χ0n) is 20.1. The molecular weight excluding hydrogens is 414 g/mol. The Labute approximate surface area is 197 Å². The first kappa shape index (κ1) is 23.7. The summed E-state index contributed by atoms with van der Waals surface area (Å²) in [6.07, 6.45) is 7.60. The molecule has 176 valence electrons. The van der Waals surface area contributed by atoms with Gasteiger partial charge in [-0.25, -0.2) is 8.78 Å². The first-order chi connectivity index (χ1) is 15.6. The Morgan fingerprint density at radius 2 is 1.88 bits per heavy atom. The molecule has 2 nitrogen and oxygen atoms in total. The Hall–Kier alpha value is -2.49. The van der Waals surface area contributed by atoms with E-state index >= 15 is 0 Å². The summed E-state index contributed by atoms with van der Waals surface area (Å²) in [5.74, 6) is -0.123. The van der Waals surface area contributed by atoms with Crippen molar-refractivity contribution in [3.63, 3.8) is 0 Å². The van der Waals surface area contributed by atoms with Crippen LogP contribution in [0.2, 0.25) is 0 Å². The molecule has 0 saturated heterocycles. The third kappa shape index (κ3) is 5.20. The predicted octanol–water partition coefficient (Wildman–Crippen LogP) is 8.29. The van der Waals surface area contributed by atoms with Crippen molar-refractivity contribution in [3.05, 3.63) is 77.2 Å². The van der Waals surface area contributed by atoms with Crippen LogP contribution in [0, 0.1) is 22.6 Å². The van der Waals surface area contributed by atoms with Crippen molar-refractivity contribution < 1.29 is 8.78 Å². The van der Waals surface area contributed by atoms with Gasteiger partial charge in [0.15, 0.2) is 0 Å². The molecule has 2 aliphatic rings. The Morgan fingerprint density at radius 1 is 1.18 bits per heavy atom. The number of rotatable bonds is 9. The molecular formula is C29H36F2N2. The molecule has 0 bridgehead atoms. The van der Waals surface area contributed by atoms with Crippen molar-refractivity contribution in [1.82, 2.24) is 0 Å². The van der Waals surface area contributed by atoms with E-state index in [1.807, 2.05) is 25.1 Å². The lowest BCUT2D eigenvalue weighted by molar-refractivity contribution is 0.213. The van der Waals surface area contributed by atoms with E-state index in [0.29, 0.717) is 5.92 Å². The summed E-state index contributed by atoms with van der Waals surface area (Å²) in [4.78, 5) is 0. The predicted molar refractivity (Wildman–Crippen MR) is 133 cm³/mol. The molecule has 2 aliphatic carbocycles. The molecule has 2 fully saturated rings. The van der Waals surface area contributed by atoms with Gasteiger partial charge in [-0.3, -0.25) is 0 Å². The van der Waals surface area contributed by atoms with Crippen LogP contribution in [0.3, 0.4) is 0 Å². The Balaban J connectivity index is 1.57. The van der Waals surface area contributed by atoms with Crippen LogP contribution in [0.5, 0.6) is 0 Å². The van der Waals surface area contributed by atoms with E-state index in [1.165, 1.54) is 38.3 Å². The monoisotopic (exact) mass is 450 g/mol. The first-order valence-electron chi connectivity index (χ1n) is 12.2. The van der Waals surface area contributed by atoms with Crippen LogP contribution in [0.4, 0.5) is 14.5 Å². The maximum atomic E-state index is 14.9. The highest BCUT2D eigenvalue weighted by Gasteiger charge is 2.44. The fourth-order valence-electron chi connectivity index (χ4n) is 5.50. The molecule has 33 heavy (non-hydrogen) atoms. The highest BCUT2D eigenvalue weighted by molar-refractivity contribution is 5.88. The van der Waals surface area contributed by atoms with Crippen LogP contribution >= 0.6 is 0 Å². The summed E-state index contributed by atoms with van der Waals surface area (Å²) in [7, 11) is 0. The SMILES string of the molecule is C=C(Nc1cccc(CC2(C(C)=N)CC2)c1)C(c1ccc(C(C)(C)F)c(F)c1)C1CCCC1. The molecule has 2 saturated carbocycles. The number of halogens is 2. The molecule has 0 radical (unpaired) electrons. The van der Waals surface area contributed by atoms with Gasteiger partial charge in [0.25, 0.3) is 0 Å². The molecule has 2 aromatic carbocycles. The van der Waals surface area contributed by atoms with Crippen LogP contribution in [0.1, 0.15) is 81.9 Å². The average Bonchev–Trinajstić information content (AvgIpc) is 3.32. The van der Waals surface area contributed by atoms with Crippen molar-refractivity contribution in [2.24, 2.45) is 11.3 Å². The summed E-state index contributed by atoms with van der Waals surface area (Å²) in [5, 5.41) is 11.6. The molecule has 0 amide bonds. The number of anilines is 1. The Morgan fingerprint density at radius 3 is 2.45 bits per heavy atom. The lowest BCUT2D eigenvalue weighted by Crippen LogP contribution is -2.19. The van der Waals surface area contributed by atoms with Gasteiger partial charge in [-0.1, -0.05) is 43.7 Å². The van der Waals surface area contributed by atoms with Crippen molar-refractivity contribution >= 4 is 11.4 Å². The summed E-state index contributed by atoms with van der Waals surface area (Å²) < 4.78 is 29.2. The van der Waals surface area contributed by atoms with Crippen LogP contribution < -0.4 is 5.32 Å². The van der Waals surface area contributed by atoms with E-state index < -0.39 is 11.5 Å². The molecule has 0 aromatic heterocycles. The summed E-state index contributed by atoms with van der Waals surface area (Å²) in [5.41, 5.74) is 3.11. The van der Waals surface area contributed by atoms with E-state index in [0.717, 1.165) is 54.8 Å². The number of hydrogen-bond acceptors (Lipinski definition) is 2. The van der Waals surface area contributed by atoms with Gasteiger partial charge in [-0.05, 0) is 88.1 Å². The largest absolute Gasteiger partial charge is 0.359 e. The van der Waals surface area contributed by atoms with E-state index in [9.17, 15) is 8.78 Å². The highest BCUT2D eigenvalue weighted by Crippen LogP contribution is 2.49. The topological polar surface area (TPSA) is 35.9 Å². The maximum Gasteiger partial charge on any atom is 0.133 e. The number of allylic oxidation sites excluding steroid dienone is 1. The zero-order valence-corrected chi connectivity index (χ0v) is 20.1. The minimum Gasteiger partial charge on any atom is -0.359 e. The zero-order chi connectivity index (χ0) is 23.8. The van der Waals surface area contributed by atoms with Gasteiger partial charge < -0.3 is 10.7 Å². The minimum absolute atomic E-state index is 0.0268. The van der Waals surface area contributed by atoms with Crippen molar-refractivity contribution in [1.29, 1.82) is 5.41 Å². The molecule has 4 rings (SSSR count). The number of benzene rings is 2. The van der Waals surface area contributed by atoms with E-state index in [4.69, 9.17) is 5.41 Å². The van der Waals surface area contributed by atoms with E-state index in [2.05, 4.69) is 24.0 Å². The average molecular weight is 451 g/mol. The summed E-state index contributed by atoms with van der Waals surface area (Å²) in [6, 6.07) is 13.3. The third-order valence-electron chi connectivity index (χ3n) is 7.66. The number of hydrogen-bond donors (Lipinski definition) is 2. The molecule has 0 spiro atoms. The smallest absolute Gasteiger partial charge is 0.133 e. The van der Waals surface area contributed by atoms with Crippen LogP contribution in [0.25, 0.3) is 0 Å². The van der Waals surface area contributed by atoms with Gasteiger partial charge in [-0.15, -0.1) is 0 Å². The fourth-order valence-corrected chi connectivity index (χ4v) is 5.50. The second-order valence-electron chi connectivity index (χ2n) is 10.7. The fraction of sp³-hybridized carbons (Fsp3) is 0.483. The minimum atomic E-state index is -1.71. The van der Waals surface area contributed by atoms with Gasteiger partial charge in [-0.2, -0.15) is 0 Å². The Bertz CT molecular complexity index is 1040. The number of nitrogens with one attached hydrogen (secondary N) is 2. The van der Waals surface area contributed by atoms with E-state index in [1.54, 1.807) is 6.07 Å². The van der Waals surface area contributed by atoms with Crippen LogP contribution in [-0.2, 0) is 12.1 Å². The number of alkyl halides is 1. The lowest BCUT2D eigenvalue weighted by Gasteiger charge is -2.28. The molecule has 0 heterocycles. The molecule has 0 aliphatic heterocycles. The van der Waals surface area contributed by atoms with Crippen LogP contribution in [0.15, 0.2) is 54.7 Å². The van der Waals surface area contributed by atoms with Crippen molar-refractivity contribution in [2.75, 3.05) is 5.32 Å². The normalized spacial score (nSPS) is 18.7. The standard InChI is InChI=1S/C29H36F2N2/c1-19(33-24-11-7-8-21(16-24)18-29(14-15-29)20(2)32)27(22-9-5-6-10-22)23-12-13-25(26(30)17-23)28(3,4)31/h7-8,11-13,16-17,22,27,32-33H,1,5-6,9-10,14-15,18H2,2-4H3. The summed E-state index contributed by atoms with van der Waals surface area (Å²) >= 11 is 0. The van der Waals surface area contributed by atoms with Crippen molar-refractivity contribution in [3.8, 4) is 0 Å². The second kappa shape index (κ2) is 9.04. The molecule has 2 N–H and O–H groups in total. The van der Waals surface area contributed by atoms with Gasteiger partial charge in [0.1, 0.15) is 11.5 Å². The molecule has 4 heteroatoms. The van der Waals surface area contributed by atoms with Gasteiger partial charge in [0.05, 0.1) is 0 Å². The van der Waals surface area contributed by atoms with Crippen LogP contribution in [-0.4, -0.2) is 5.71 Å². The Kier molecular flexibility index (Phi) is 6.48. The molecule has 1 unspecified atom stereocenters. The van der Waals surface area contributed by atoms with Gasteiger partial charge in [0.2, 0.25) is 0 Å². The summed E-state index contributed by atoms with van der Waals surface area (Å²) in [6.45, 7) is 9.06. The third-order valence-corrected chi connectivity index (χ3v) is 7.66. The van der Waals surface area contributed by atoms with Gasteiger partial charge in [0, 0.05) is 34.0 Å². The highest BCUT2D eigenvalue weighted by atomic mass is 19.1.